The Bertz CT molecular complexity index is 374. The molecule has 0 fully saturated rings. The third-order valence-corrected chi connectivity index (χ3v) is 2.26. The van der Waals surface area contributed by atoms with Crippen molar-refractivity contribution >= 4 is 22.6 Å². The lowest BCUT2D eigenvalue weighted by molar-refractivity contribution is -0.476. The lowest BCUT2D eigenvalue weighted by Crippen LogP contribution is -3.00. The number of hydrogen-bond donors (Lipinski definition) is 0. The van der Waals surface area contributed by atoms with Gasteiger partial charge in [-0.05, 0) is 39.7 Å². The van der Waals surface area contributed by atoms with Crippen LogP contribution in [-0.2, 0) is 0 Å². The van der Waals surface area contributed by atoms with Gasteiger partial charge in [0.2, 0.25) is 6.33 Å². The molecular formula is C7H6I2N4. The van der Waals surface area contributed by atoms with Crippen LogP contribution in [0.5, 0.6) is 0 Å². The van der Waals surface area contributed by atoms with E-state index in [1.807, 2.05) is 12.1 Å². The highest BCUT2D eigenvalue weighted by Gasteiger charge is 2.05. The van der Waals surface area contributed by atoms with Crippen molar-refractivity contribution in [3.05, 3.63) is 34.6 Å². The fourth-order valence-electron chi connectivity index (χ4n) is 0.899. The molecule has 0 saturated carbocycles. The Hall–Kier alpha value is -0.250. The molecule has 0 radical (unpaired) electrons. The summed E-state index contributed by atoms with van der Waals surface area (Å²) in [6.07, 6.45) is 5.06. The zero-order chi connectivity index (χ0) is 8.39. The molecule has 0 atom stereocenters. The van der Waals surface area contributed by atoms with Crippen molar-refractivity contribution in [2.24, 2.45) is 0 Å². The van der Waals surface area contributed by atoms with Gasteiger partial charge in [0.15, 0.2) is 5.82 Å². The number of H-pyrrole nitrogens is 1. The maximum absolute atomic E-state index is 4.20. The van der Waals surface area contributed by atoms with Crippen LogP contribution in [0.3, 0.4) is 0 Å². The Balaban J connectivity index is 0.000000845. The number of nitrogens with one attached hydrogen (secondary N) is 1. The summed E-state index contributed by atoms with van der Waals surface area (Å²) in [4.78, 5) is 8.11. The normalized spacial score (nSPS) is 9.31. The number of nitrogens with zero attached hydrogens (tertiary/aromatic N) is 3. The molecule has 0 aliphatic rings. The van der Waals surface area contributed by atoms with E-state index in [-0.39, 0.29) is 24.0 Å². The number of pyridine rings is 1. The Kier molecular flexibility index (Phi) is 4.03. The molecular weight excluding hydrogens is 394 g/mol. The van der Waals surface area contributed by atoms with E-state index in [0.717, 1.165) is 9.39 Å². The minimum atomic E-state index is 0. The Morgan fingerprint density at radius 1 is 1.46 bits per heavy atom. The standard InChI is InChI=1S/C7H5IN4.HI/c8-6-2-1-3-10-7(6)12-5-9-4-11-12;/h1-5H;1H. The lowest BCUT2D eigenvalue weighted by Gasteiger charge is -1.97. The Morgan fingerprint density at radius 2 is 2.31 bits per heavy atom. The summed E-state index contributed by atoms with van der Waals surface area (Å²) in [7, 11) is 0. The van der Waals surface area contributed by atoms with Gasteiger partial charge in [-0.2, -0.15) is 5.10 Å². The second-order valence-electron chi connectivity index (χ2n) is 2.20. The molecule has 2 heterocycles. The number of aromatic amines is 1. The van der Waals surface area contributed by atoms with Crippen LogP contribution in [0.2, 0.25) is 0 Å². The van der Waals surface area contributed by atoms with E-state index >= 15 is 0 Å². The maximum atomic E-state index is 4.20. The molecule has 0 saturated heterocycles. The van der Waals surface area contributed by atoms with Crippen LogP contribution in [0.25, 0.3) is 5.82 Å². The summed E-state index contributed by atoms with van der Waals surface area (Å²) in [5, 5.41) is 2.93. The van der Waals surface area contributed by atoms with Crippen molar-refractivity contribution in [1.29, 1.82) is 0 Å². The molecule has 4 nitrogen and oxygen atoms in total. The van der Waals surface area contributed by atoms with Crippen LogP contribution >= 0.6 is 22.6 Å². The van der Waals surface area contributed by atoms with E-state index in [2.05, 4.69) is 37.7 Å². The van der Waals surface area contributed by atoms with E-state index in [9.17, 15) is 0 Å². The summed E-state index contributed by atoms with van der Waals surface area (Å²) in [5.74, 6) is 0.871. The molecule has 13 heavy (non-hydrogen) atoms. The average molecular weight is 400 g/mol. The molecule has 2 aromatic heterocycles. The Labute approximate surface area is 106 Å². The van der Waals surface area contributed by atoms with Crippen molar-refractivity contribution in [2.75, 3.05) is 0 Å². The van der Waals surface area contributed by atoms with Crippen molar-refractivity contribution in [2.45, 2.75) is 0 Å². The summed E-state index contributed by atoms with van der Waals surface area (Å²) in [5.41, 5.74) is 0. The summed E-state index contributed by atoms with van der Waals surface area (Å²) >= 11 is 2.23. The molecule has 0 unspecified atom stereocenters. The first-order valence-corrected chi connectivity index (χ1v) is 4.47. The summed E-state index contributed by atoms with van der Waals surface area (Å²) < 4.78 is 2.85. The van der Waals surface area contributed by atoms with Crippen LogP contribution < -0.4 is 29.1 Å². The zero-order valence-electron chi connectivity index (χ0n) is 6.48. The number of halogens is 2. The van der Waals surface area contributed by atoms with Crippen LogP contribution in [0.1, 0.15) is 0 Å². The minimum absolute atomic E-state index is 0. The van der Waals surface area contributed by atoms with Gasteiger partial charge in [-0.15, -0.1) is 4.68 Å². The fourth-order valence-corrected chi connectivity index (χ4v) is 1.51. The third kappa shape index (κ3) is 2.36. The van der Waals surface area contributed by atoms with Gasteiger partial charge in [-0.1, -0.05) is 0 Å². The molecule has 2 rings (SSSR count). The lowest BCUT2D eigenvalue weighted by atomic mass is 10.5. The quantitative estimate of drug-likeness (QED) is 0.506. The van der Waals surface area contributed by atoms with Gasteiger partial charge in [-0.25, -0.2) is 4.98 Å². The number of aromatic nitrogens is 4. The molecule has 6 heteroatoms. The van der Waals surface area contributed by atoms with Crippen molar-refractivity contribution < 1.29 is 29.1 Å². The summed E-state index contributed by atoms with van der Waals surface area (Å²) in [6.45, 7) is 0. The van der Waals surface area contributed by atoms with E-state index in [4.69, 9.17) is 0 Å². The molecule has 0 amide bonds. The monoisotopic (exact) mass is 400 g/mol. The van der Waals surface area contributed by atoms with Crippen molar-refractivity contribution in [3.8, 4) is 5.82 Å². The third-order valence-electron chi connectivity index (χ3n) is 1.42. The highest BCUT2D eigenvalue weighted by molar-refractivity contribution is 14.1. The fraction of sp³-hybridized carbons (Fsp3) is 0. The molecule has 0 aliphatic carbocycles. The second-order valence-corrected chi connectivity index (χ2v) is 3.36. The van der Waals surface area contributed by atoms with Crippen LogP contribution in [0.4, 0.5) is 0 Å². The van der Waals surface area contributed by atoms with Gasteiger partial charge in [0.25, 0.3) is 0 Å². The first-order valence-electron chi connectivity index (χ1n) is 3.39. The van der Waals surface area contributed by atoms with Gasteiger partial charge < -0.3 is 24.0 Å². The summed E-state index contributed by atoms with van der Waals surface area (Å²) in [6, 6.07) is 3.90. The zero-order valence-corrected chi connectivity index (χ0v) is 10.8. The molecule has 0 spiro atoms. The Morgan fingerprint density at radius 3 is 2.92 bits per heavy atom. The first-order chi connectivity index (χ1) is 5.88. The van der Waals surface area contributed by atoms with Crippen molar-refractivity contribution in [1.82, 2.24) is 14.6 Å². The maximum Gasteiger partial charge on any atom is 0.304 e. The van der Waals surface area contributed by atoms with E-state index in [0.29, 0.717) is 0 Å². The molecule has 1 N–H and O–H groups in total. The van der Waals surface area contributed by atoms with Gasteiger partial charge in [0, 0.05) is 6.20 Å². The first kappa shape index (κ1) is 10.8. The predicted octanol–water partition coefficient (Wildman–Crippen LogP) is -2.31. The van der Waals surface area contributed by atoms with Crippen LogP contribution in [0, 0.1) is 3.57 Å². The smallest absolute Gasteiger partial charge is 0.304 e. The van der Waals surface area contributed by atoms with E-state index < -0.39 is 0 Å². The molecule has 0 aliphatic heterocycles. The number of rotatable bonds is 1. The molecule has 0 aromatic carbocycles. The SMILES string of the molecule is Ic1cccnc1-n1cnc[nH+]1.[I-]. The molecule has 2 aromatic rings. The number of hydrogen-bond acceptors (Lipinski definition) is 2. The minimum Gasteiger partial charge on any atom is -1.00 e. The van der Waals surface area contributed by atoms with Gasteiger partial charge in [-0.3, -0.25) is 0 Å². The van der Waals surface area contributed by atoms with E-state index in [1.54, 1.807) is 23.5 Å². The molecule has 68 valence electrons. The predicted molar refractivity (Wildman–Crippen MR) is 50.6 cm³/mol. The highest BCUT2D eigenvalue weighted by atomic mass is 127. The topological polar surface area (TPSA) is 44.9 Å². The molecule has 0 bridgehead atoms. The largest absolute Gasteiger partial charge is 1.00 e. The van der Waals surface area contributed by atoms with Crippen LogP contribution in [-0.4, -0.2) is 14.6 Å². The van der Waals surface area contributed by atoms with Crippen LogP contribution in [0.15, 0.2) is 31.0 Å². The average Bonchev–Trinajstić information content (AvgIpc) is 2.57. The van der Waals surface area contributed by atoms with Crippen molar-refractivity contribution in [3.63, 3.8) is 0 Å². The van der Waals surface area contributed by atoms with Gasteiger partial charge >= 0.3 is 6.33 Å². The van der Waals surface area contributed by atoms with Gasteiger partial charge in [0.1, 0.15) is 0 Å². The second kappa shape index (κ2) is 4.84. The highest BCUT2D eigenvalue weighted by Crippen LogP contribution is 2.10. The van der Waals surface area contributed by atoms with Gasteiger partial charge in [0.05, 0.1) is 3.57 Å². The van der Waals surface area contributed by atoms with E-state index in [1.165, 1.54) is 0 Å².